The number of hydrogen-bond acceptors (Lipinski definition) is 5. The summed E-state index contributed by atoms with van der Waals surface area (Å²) in [6.07, 6.45) is 1.51. The summed E-state index contributed by atoms with van der Waals surface area (Å²) in [5.74, 6) is 1.49. The number of rotatable bonds is 6. The highest BCUT2D eigenvalue weighted by Gasteiger charge is 2.05. The number of ether oxygens (including phenoxy) is 1. The van der Waals surface area contributed by atoms with Crippen molar-refractivity contribution in [2.75, 3.05) is 11.9 Å². The maximum Gasteiger partial charge on any atom is 0.254 e. The summed E-state index contributed by atoms with van der Waals surface area (Å²) in [6, 6.07) is 10.4. The van der Waals surface area contributed by atoms with E-state index in [1.165, 1.54) is 17.5 Å². The first-order valence-corrected chi connectivity index (χ1v) is 7.33. The SMILES string of the molecule is CCOCc1ccc(CNc2cc(C)nc3ncnn23)cc1. The number of benzene rings is 1. The predicted octanol–water partition coefficient (Wildman–Crippen LogP) is 2.58. The molecule has 0 aliphatic heterocycles. The third-order valence-corrected chi connectivity index (χ3v) is 3.35. The third-order valence-electron chi connectivity index (χ3n) is 3.35. The Hall–Kier alpha value is -2.47. The minimum absolute atomic E-state index is 0.606. The van der Waals surface area contributed by atoms with Crippen molar-refractivity contribution in [1.82, 2.24) is 19.6 Å². The monoisotopic (exact) mass is 297 g/mol. The van der Waals surface area contributed by atoms with Crippen molar-refractivity contribution >= 4 is 11.6 Å². The van der Waals surface area contributed by atoms with Gasteiger partial charge < -0.3 is 10.1 Å². The van der Waals surface area contributed by atoms with Gasteiger partial charge >= 0.3 is 0 Å². The van der Waals surface area contributed by atoms with Crippen molar-refractivity contribution in [2.24, 2.45) is 0 Å². The fourth-order valence-electron chi connectivity index (χ4n) is 2.22. The Balaban J connectivity index is 1.70. The highest BCUT2D eigenvalue weighted by molar-refractivity contribution is 5.45. The van der Waals surface area contributed by atoms with Crippen LogP contribution in [0, 0.1) is 6.92 Å². The molecule has 0 saturated heterocycles. The summed E-state index contributed by atoms with van der Waals surface area (Å²) in [7, 11) is 0. The second kappa shape index (κ2) is 6.53. The first-order valence-electron chi connectivity index (χ1n) is 7.33. The standard InChI is InChI=1S/C16H19N5O/c1-3-22-10-14-6-4-13(5-7-14)9-17-15-8-12(2)20-16-18-11-19-21(15)16/h4-8,11,17H,3,9-10H2,1-2H3. The second-order valence-electron chi connectivity index (χ2n) is 5.06. The molecule has 3 aromatic rings. The first-order chi connectivity index (χ1) is 10.8. The van der Waals surface area contributed by atoms with Gasteiger partial charge in [-0.05, 0) is 25.0 Å². The summed E-state index contributed by atoms with van der Waals surface area (Å²) in [5, 5.41) is 7.57. The summed E-state index contributed by atoms with van der Waals surface area (Å²) in [4.78, 5) is 8.45. The molecule has 0 atom stereocenters. The van der Waals surface area contributed by atoms with E-state index in [0.29, 0.717) is 18.9 Å². The summed E-state index contributed by atoms with van der Waals surface area (Å²) < 4.78 is 7.10. The number of nitrogens with zero attached hydrogens (tertiary/aromatic N) is 4. The van der Waals surface area contributed by atoms with Crippen LogP contribution in [0.5, 0.6) is 0 Å². The largest absolute Gasteiger partial charge is 0.377 e. The van der Waals surface area contributed by atoms with Crippen molar-refractivity contribution in [3.8, 4) is 0 Å². The normalized spacial score (nSPS) is 11.0. The fourth-order valence-corrected chi connectivity index (χ4v) is 2.22. The molecule has 6 heteroatoms. The van der Waals surface area contributed by atoms with Gasteiger partial charge in [0.2, 0.25) is 0 Å². The molecule has 114 valence electrons. The maximum absolute atomic E-state index is 5.40. The molecule has 22 heavy (non-hydrogen) atoms. The Morgan fingerprint density at radius 3 is 2.73 bits per heavy atom. The number of aryl methyl sites for hydroxylation is 1. The van der Waals surface area contributed by atoms with Crippen molar-refractivity contribution in [1.29, 1.82) is 0 Å². The number of hydrogen-bond donors (Lipinski definition) is 1. The molecule has 6 nitrogen and oxygen atoms in total. The van der Waals surface area contributed by atoms with Gasteiger partial charge in [0, 0.05) is 24.9 Å². The molecule has 1 N–H and O–H groups in total. The molecule has 0 radical (unpaired) electrons. The summed E-state index contributed by atoms with van der Waals surface area (Å²) >= 11 is 0. The molecular formula is C16H19N5O. The molecule has 3 rings (SSSR count). The van der Waals surface area contributed by atoms with Gasteiger partial charge in [-0.2, -0.15) is 14.6 Å². The first kappa shape index (κ1) is 14.5. The molecular weight excluding hydrogens is 278 g/mol. The van der Waals surface area contributed by atoms with Crippen LogP contribution < -0.4 is 5.32 Å². The number of anilines is 1. The number of fused-ring (bicyclic) bond motifs is 1. The van der Waals surface area contributed by atoms with Crippen molar-refractivity contribution in [3.05, 3.63) is 53.5 Å². The Bertz CT molecular complexity index is 751. The molecule has 0 saturated carbocycles. The quantitative estimate of drug-likeness (QED) is 0.757. The van der Waals surface area contributed by atoms with E-state index in [4.69, 9.17) is 4.74 Å². The van der Waals surface area contributed by atoms with Crippen LogP contribution in [0.2, 0.25) is 0 Å². The lowest BCUT2D eigenvalue weighted by molar-refractivity contribution is 0.134. The van der Waals surface area contributed by atoms with E-state index in [0.717, 1.165) is 18.1 Å². The molecule has 0 spiro atoms. The molecule has 0 amide bonds. The molecule has 0 unspecified atom stereocenters. The predicted molar refractivity (Wildman–Crippen MR) is 84.6 cm³/mol. The van der Waals surface area contributed by atoms with Crippen LogP contribution in [0.15, 0.2) is 36.7 Å². The van der Waals surface area contributed by atoms with E-state index >= 15 is 0 Å². The molecule has 2 heterocycles. The van der Waals surface area contributed by atoms with E-state index in [1.54, 1.807) is 4.52 Å². The summed E-state index contributed by atoms with van der Waals surface area (Å²) in [6.45, 7) is 6.06. The van der Waals surface area contributed by atoms with Crippen LogP contribution in [-0.2, 0) is 17.9 Å². The average Bonchev–Trinajstić information content (AvgIpc) is 3.00. The van der Waals surface area contributed by atoms with Crippen LogP contribution in [0.4, 0.5) is 5.82 Å². The minimum atomic E-state index is 0.606. The van der Waals surface area contributed by atoms with Crippen LogP contribution in [0.1, 0.15) is 23.7 Å². The fraction of sp³-hybridized carbons (Fsp3) is 0.312. The van der Waals surface area contributed by atoms with Gasteiger partial charge in [-0.3, -0.25) is 0 Å². The van der Waals surface area contributed by atoms with Crippen molar-refractivity contribution < 1.29 is 4.74 Å². The second-order valence-corrected chi connectivity index (χ2v) is 5.06. The lowest BCUT2D eigenvalue weighted by Crippen LogP contribution is -2.07. The van der Waals surface area contributed by atoms with Gasteiger partial charge in [-0.15, -0.1) is 0 Å². The zero-order chi connectivity index (χ0) is 15.4. The van der Waals surface area contributed by atoms with Gasteiger partial charge in [0.1, 0.15) is 12.1 Å². The highest BCUT2D eigenvalue weighted by atomic mass is 16.5. The molecule has 0 aliphatic carbocycles. The van der Waals surface area contributed by atoms with Gasteiger partial charge in [-0.25, -0.2) is 4.98 Å². The van der Waals surface area contributed by atoms with Crippen LogP contribution >= 0.6 is 0 Å². The number of aromatic nitrogens is 4. The van der Waals surface area contributed by atoms with Gasteiger partial charge in [0.25, 0.3) is 5.78 Å². The van der Waals surface area contributed by atoms with Crippen molar-refractivity contribution in [2.45, 2.75) is 27.0 Å². The average molecular weight is 297 g/mol. The Morgan fingerprint density at radius 2 is 1.95 bits per heavy atom. The van der Waals surface area contributed by atoms with E-state index in [9.17, 15) is 0 Å². The molecule has 0 bridgehead atoms. The Labute approximate surface area is 129 Å². The molecule has 0 fully saturated rings. The molecule has 2 aromatic heterocycles. The highest BCUT2D eigenvalue weighted by Crippen LogP contribution is 2.12. The molecule has 0 aliphatic rings. The lowest BCUT2D eigenvalue weighted by Gasteiger charge is -2.09. The van der Waals surface area contributed by atoms with E-state index in [-0.39, 0.29) is 0 Å². The van der Waals surface area contributed by atoms with E-state index < -0.39 is 0 Å². The third kappa shape index (κ3) is 3.23. The van der Waals surface area contributed by atoms with Gasteiger partial charge in [-0.1, -0.05) is 24.3 Å². The maximum atomic E-state index is 5.40. The minimum Gasteiger partial charge on any atom is -0.377 e. The zero-order valence-electron chi connectivity index (χ0n) is 12.8. The Kier molecular flexibility index (Phi) is 4.29. The van der Waals surface area contributed by atoms with Gasteiger partial charge in [0.15, 0.2) is 0 Å². The summed E-state index contributed by atoms with van der Waals surface area (Å²) in [5.41, 5.74) is 3.29. The van der Waals surface area contributed by atoms with E-state index in [1.807, 2.05) is 19.9 Å². The van der Waals surface area contributed by atoms with Crippen LogP contribution in [0.3, 0.4) is 0 Å². The lowest BCUT2D eigenvalue weighted by atomic mass is 10.1. The van der Waals surface area contributed by atoms with Crippen molar-refractivity contribution in [3.63, 3.8) is 0 Å². The molecule has 1 aromatic carbocycles. The number of nitrogens with one attached hydrogen (secondary N) is 1. The smallest absolute Gasteiger partial charge is 0.254 e. The van der Waals surface area contributed by atoms with Crippen LogP contribution in [-0.4, -0.2) is 26.2 Å². The Morgan fingerprint density at radius 1 is 1.18 bits per heavy atom. The zero-order valence-corrected chi connectivity index (χ0v) is 12.8. The topological polar surface area (TPSA) is 64.3 Å². The van der Waals surface area contributed by atoms with Crippen LogP contribution in [0.25, 0.3) is 5.78 Å². The van der Waals surface area contributed by atoms with E-state index in [2.05, 4.69) is 44.6 Å². The van der Waals surface area contributed by atoms with Gasteiger partial charge in [0.05, 0.1) is 6.61 Å².